The van der Waals surface area contributed by atoms with Gasteiger partial charge < -0.3 is 0 Å². The van der Waals surface area contributed by atoms with E-state index in [1.807, 2.05) is 18.3 Å². The zero-order valence-corrected chi connectivity index (χ0v) is 14.1. The molecule has 1 heteroatoms. The largest absolute Gasteiger partial charge is 0.256 e. The summed E-state index contributed by atoms with van der Waals surface area (Å²) in [6, 6.07) is 14.7. The number of rotatable bonds is 3. The van der Waals surface area contributed by atoms with Gasteiger partial charge in [-0.3, -0.25) is 4.98 Å². The van der Waals surface area contributed by atoms with Crippen molar-refractivity contribution in [1.29, 1.82) is 0 Å². The second-order valence-corrected chi connectivity index (χ2v) is 6.63. The lowest BCUT2D eigenvalue weighted by Gasteiger charge is -2.07. The monoisotopic (exact) mass is 295 g/mol. The Hall–Kier alpha value is -1.63. The summed E-state index contributed by atoms with van der Waals surface area (Å²) in [7, 11) is 0. The predicted molar refractivity (Wildman–Crippen MR) is 95.9 cm³/mol. The van der Waals surface area contributed by atoms with Crippen LogP contribution >= 0.6 is 0 Å². The van der Waals surface area contributed by atoms with Crippen molar-refractivity contribution in [2.75, 3.05) is 0 Å². The number of benzene rings is 1. The average molecular weight is 295 g/mol. The average Bonchev–Trinajstić information content (AvgIpc) is 2.57. The molecule has 1 aliphatic carbocycles. The highest BCUT2D eigenvalue weighted by molar-refractivity contribution is 5.59. The molecule has 0 saturated heterocycles. The predicted octanol–water partition coefficient (Wildman–Crippen LogP) is 6.29. The van der Waals surface area contributed by atoms with Crippen molar-refractivity contribution in [3.05, 3.63) is 54.2 Å². The van der Waals surface area contributed by atoms with Gasteiger partial charge in [0.05, 0.1) is 5.69 Å². The second kappa shape index (κ2) is 9.40. The van der Waals surface area contributed by atoms with E-state index in [1.165, 1.54) is 49.7 Å². The Balaban J connectivity index is 0.000000246. The molecule has 1 nitrogen and oxygen atoms in total. The summed E-state index contributed by atoms with van der Waals surface area (Å²) in [5, 5.41) is 0. The van der Waals surface area contributed by atoms with Gasteiger partial charge in [-0.15, -0.1) is 0 Å². The Morgan fingerprint density at radius 3 is 2.09 bits per heavy atom. The minimum absolute atomic E-state index is 0.694. The van der Waals surface area contributed by atoms with Gasteiger partial charge in [0, 0.05) is 11.8 Å². The van der Waals surface area contributed by atoms with Gasteiger partial charge in [-0.2, -0.15) is 0 Å². The van der Waals surface area contributed by atoms with Crippen LogP contribution in [0.1, 0.15) is 57.9 Å². The molecule has 2 aromatic rings. The van der Waals surface area contributed by atoms with E-state index in [0.717, 1.165) is 12.1 Å². The first-order valence-electron chi connectivity index (χ1n) is 8.76. The first-order chi connectivity index (χ1) is 10.8. The molecule has 0 bridgehead atoms. The van der Waals surface area contributed by atoms with E-state index in [1.54, 1.807) is 0 Å². The minimum Gasteiger partial charge on any atom is -0.256 e. The molecular weight excluding hydrogens is 266 g/mol. The van der Waals surface area contributed by atoms with Gasteiger partial charge in [-0.05, 0) is 36.1 Å². The summed E-state index contributed by atoms with van der Waals surface area (Å²) in [6.07, 6.45) is 12.0. The molecule has 0 atom stereocenters. The maximum Gasteiger partial charge on any atom is 0.0702 e. The van der Waals surface area contributed by atoms with Crippen molar-refractivity contribution in [2.45, 2.75) is 58.8 Å². The molecule has 1 aromatic carbocycles. The van der Waals surface area contributed by atoms with Crippen LogP contribution in [0.4, 0.5) is 0 Å². The molecule has 3 rings (SSSR count). The zero-order chi connectivity index (χ0) is 15.6. The van der Waals surface area contributed by atoms with Crippen LogP contribution in [0.15, 0.2) is 48.7 Å². The summed E-state index contributed by atoms with van der Waals surface area (Å²) in [6.45, 7) is 4.49. The van der Waals surface area contributed by atoms with E-state index in [9.17, 15) is 0 Å². The molecule has 0 spiro atoms. The van der Waals surface area contributed by atoms with Gasteiger partial charge in [0.1, 0.15) is 0 Å². The third-order valence-corrected chi connectivity index (χ3v) is 4.03. The Morgan fingerprint density at radius 1 is 0.864 bits per heavy atom. The fourth-order valence-corrected chi connectivity index (χ4v) is 2.92. The maximum atomic E-state index is 4.37. The lowest BCUT2D eigenvalue weighted by Crippen LogP contribution is -1.94. The van der Waals surface area contributed by atoms with Gasteiger partial charge in [0.15, 0.2) is 0 Å². The van der Waals surface area contributed by atoms with Gasteiger partial charge in [0.25, 0.3) is 0 Å². The van der Waals surface area contributed by atoms with E-state index >= 15 is 0 Å². The molecule has 1 aromatic heterocycles. The molecule has 1 saturated carbocycles. The fourth-order valence-electron chi connectivity index (χ4n) is 2.92. The van der Waals surface area contributed by atoms with Crippen LogP contribution in [0.3, 0.4) is 0 Å². The van der Waals surface area contributed by atoms with E-state index in [2.05, 4.69) is 49.2 Å². The molecule has 0 unspecified atom stereocenters. The molecule has 1 aliphatic rings. The Kier molecular flexibility index (Phi) is 7.15. The maximum absolute atomic E-state index is 4.37. The standard InChI is InChI=1S/C15H17N.C6H12/c1-12(2)10-13-6-5-7-14(11-13)15-8-3-4-9-16-15;1-2-4-6-5-3-1/h3-9,11-12H,10H2,1-2H3;1-6H2. The van der Waals surface area contributed by atoms with E-state index < -0.39 is 0 Å². The zero-order valence-electron chi connectivity index (χ0n) is 14.1. The van der Waals surface area contributed by atoms with Gasteiger partial charge in [-0.1, -0.05) is 76.6 Å². The summed E-state index contributed by atoms with van der Waals surface area (Å²) < 4.78 is 0. The first-order valence-corrected chi connectivity index (χ1v) is 8.76. The lowest BCUT2D eigenvalue weighted by atomic mass is 10.00. The Bertz CT molecular complexity index is 515. The summed E-state index contributed by atoms with van der Waals surface area (Å²) in [4.78, 5) is 4.37. The highest BCUT2D eigenvalue weighted by Crippen LogP contribution is 2.19. The number of nitrogens with zero attached hydrogens (tertiary/aromatic N) is 1. The number of hydrogen-bond acceptors (Lipinski definition) is 1. The van der Waals surface area contributed by atoms with Crippen molar-refractivity contribution < 1.29 is 0 Å². The van der Waals surface area contributed by atoms with Crippen LogP contribution in [-0.4, -0.2) is 4.98 Å². The molecule has 0 aliphatic heterocycles. The molecule has 22 heavy (non-hydrogen) atoms. The SMILES string of the molecule is C1CCCCC1.CC(C)Cc1cccc(-c2ccccn2)c1. The van der Waals surface area contributed by atoms with E-state index in [4.69, 9.17) is 0 Å². The molecule has 118 valence electrons. The third kappa shape index (κ3) is 6.01. The molecule has 1 heterocycles. The number of hydrogen-bond donors (Lipinski definition) is 0. The molecule has 0 radical (unpaired) electrons. The third-order valence-electron chi connectivity index (χ3n) is 4.03. The second-order valence-electron chi connectivity index (χ2n) is 6.63. The van der Waals surface area contributed by atoms with Crippen molar-refractivity contribution in [3.8, 4) is 11.3 Å². The summed E-state index contributed by atoms with van der Waals surface area (Å²) in [5.41, 5.74) is 3.64. The van der Waals surface area contributed by atoms with Crippen LogP contribution in [-0.2, 0) is 6.42 Å². The number of pyridine rings is 1. The smallest absolute Gasteiger partial charge is 0.0702 e. The van der Waals surface area contributed by atoms with Crippen LogP contribution in [0.5, 0.6) is 0 Å². The minimum atomic E-state index is 0.694. The highest BCUT2D eigenvalue weighted by Gasteiger charge is 2.01. The van der Waals surface area contributed by atoms with Gasteiger partial charge >= 0.3 is 0 Å². The van der Waals surface area contributed by atoms with E-state index in [-0.39, 0.29) is 0 Å². The Morgan fingerprint density at radius 2 is 1.55 bits per heavy atom. The normalized spacial score (nSPS) is 14.3. The number of aromatic nitrogens is 1. The quantitative estimate of drug-likeness (QED) is 0.648. The van der Waals surface area contributed by atoms with E-state index in [0.29, 0.717) is 5.92 Å². The topological polar surface area (TPSA) is 12.9 Å². The molecule has 1 fully saturated rings. The highest BCUT2D eigenvalue weighted by atomic mass is 14.7. The summed E-state index contributed by atoms with van der Waals surface area (Å²) in [5.74, 6) is 0.694. The fraction of sp³-hybridized carbons (Fsp3) is 0.476. The summed E-state index contributed by atoms with van der Waals surface area (Å²) >= 11 is 0. The van der Waals surface area contributed by atoms with Crippen LogP contribution < -0.4 is 0 Å². The molecule has 0 amide bonds. The van der Waals surface area contributed by atoms with Crippen LogP contribution in [0, 0.1) is 5.92 Å². The lowest BCUT2D eigenvalue weighted by molar-refractivity contribution is 0.504. The van der Waals surface area contributed by atoms with Crippen LogP contribution in [0.25, 0.3) is 11.3 Å². The first kappa shape index (κ1) is 16.7. The molecule has 0 N–H and O–H groups in total. The van der Waals surface area contributed by atoms with Crippen molar-refractivity contribution in [3.63, 3.8) is 0 Å². The van der Waals surface area contributed by atoms with Crippen molar-refractivity contribution in [2.24, 2.45) is 5.92 Å². The van der Waals surface area contributed by atoms with Gasteiger partial charge in [-0.25, -0.2) is 0 Å². The van der Waals surface area contributed by atoms with Gasteiger partial charge in [0.2, 0.25) is 0 Å². The van der Waals surface area contributed by atoms with Crippen molar-refractivity contribution >= 4 is 0 Å². The van der Waals surface area contributed by atoms with Crippen molar-refractivity contribution in [1.82, 2.24) is 4.98 Å². The Labute approximate surface area is 135 Å². The van der Waals surface area contributed by atoms with Crippen LogP contribution in [0.2, 0.25) is 0 Å². The molecular formula is C21H29N.